The predicted molar refractivity (Wildman–Crippen MR) is 102 cm³/mol. The van der Waals surface area contributed by atoms with E-state index >= 15 is 0 Å². The molecule has 4 rings (SSSR count). The van der Waals surface area contributed by atoms with Crippen LogP contribution >= 0.6 is 0 Å². The second kappa shape index (κ2) is 7.78. The Morgan fingerprint density at radius 2 is 1.61 bits per heavy atom. The fourth-order valence-corrected chi connectivity index (χ4v) is 5.06. The fourth-order valence-electron chi connectivity index (χ4n) is 3.18. The largest absolute Gasteiger partial charge is 0.417 e. The number of halogens is 6. The van der Waals surface area contributed by atoms with Gasteiger partial charge in [0.15, 0.2) is 21.5 Å². The molecular weight excluding hydrogens is 476 g/mol. The lowest BCUT2D eigenvalue weighted by atomic mass is 10.2. The third-order valence-electron chi connectivity index (χ3n) is 5.07. The molecule has 0 spiro atoms. The maximum atomic E-state index is 13.2. The van der Waals surface area contributed by atoms with Gasteiger partial charge in [-0.05, 0) is 37.0 Å². The van der Waals surface area contributed by atoms with Crippen LogP contribution in [0.3, 0.4) is 0 Å². The van der Waals surface area contributed by atoms with Gasteiger partial charge in [-0.15, -0.1) is 10.2 Å². The summed E-state index contributed by atoms with van der Waals surface area (Å²) in [7, 11) is -2.84. The first-order valence-corrected chi connectivity index (χ1v) is 11.2. The Kier molecular flexibility index (Phi) is 5.46. The fraction of sp³-hybridized carbons (Fsp3) is 0.368. The molecule has 0 unspecified atom stereocenters. The van der Waals surface area contributed by atoms with Crippen LogP contribution in [0.4, 0.5) is 26.3 Å². The molecule has 33 heavy (non-hydrogen) atoms. The molecule has 1 aliphatic carbocycles. The van der Waals surface area contributed by atoms with Crippen LogP contribution in [-0.2, 0) is 29.2 Å². The zero-order valence-electron chi connectivity index (χ0n) is 16.8. The van der Waals surface area contributed by atoms with E-state index in [1.165, 1.54) is 7.05 Å². The molecule has 176 valence electrons. The van der Waals surface area contributed by atoms with Crippen LogP contribution < -0.4 is 0 Å². The molecule has 0 aromatic carbocycles. The molecular formula is C19H15F6N5O2S. The van der Waals surface area contributed by atoms with E-state index in [9.17, 15) is 34.8 Å². The van der Waals surface area contributed by atoms with E-state index in [0.717, 1.165) is 22.9 Å². The van der Waals surface area contributed by atoms with Gasteiger partial charge in [0.25, 0.3) is 0 Å². The maximum absolute atomic E-state index is 13.2. The number of hydrogen-bond donors (Lipinski definition) is 0. The second-order valence-corrected chi connectivity index (χ2v) is 9.63. The summed E-state index contributed by atoms with van der Waals surface area (Å²) in [6.45, 7) is 0. The normalized spacial score (nSPS) is 15.1. The zero-order valence-corrected chi connectivity index (χ0v) is 17.6. The summed E-state index contributed by atoms with van der Waals surface area (Å²) in [6.07, 6.45) is -6.77. The molecule has 3 heterocycles. The average Bonchev–Trinajstić information content (AvgIpc) is 3.44. The van der Waals surface area contributed by atoms with E-state index in [1.54, 1.807) is 0 Å². The maximum Gasteiger partial charge on any atom is 0.417 e. The summed E-state index contributed by atoms with van der Waals surface area (Å²) in [5.41, 5.74) is -2.82. The van der Waals surface area contributed by atoms with E-state index in [2.05, 4.69) is 20.2 Å². The molecule has 0 atom stereocenters. The quantitative estimate of drug-likeness (QED) is 0.498. The molecule has 1 aliphatic rings. The van der Waals surface area contributed by atoms with Crippen LogP contribution in [0.15, 0.2) is 35.5 Å². The Morgan fingerprint density at radius 3 is 2.21 bits per heavy atom. The van der Waals surface area contributed by atoms with Crippen molar-refractivity contribution in [2.45, 2.75) is 30.1 Å². The summed E-state index contributed by atoms with van der Waals surface area (Å²) in [5, 5.41) is 7.58. The van der Waals surface area contributed by atoms with Crippen molar-refractivity contribution in [2.75, 3.05) is 5.75 Å². The molecule has 0 radical (unpaired) electrons. The van der Waals surface area contributed by atoms with Crippen molar-refractivity contribution in [2.24, 2.45) is 13.0 Å². The Morgan fingerprint density at radius 1 is 0.970 bits per heavy atom. The second-order valence-electron chi connectivity index (χ2n) is 7.63. The molecule has 7 nitrogen and oxygen atoms in total. The van der Waals surface area contributed by atoms with Crippen molar-refractivity contribution in [3.63, 3.8) is 0 Å². The monoisotopic (exact) mass is 491 g/mol. The third-order valence-corrected chi connectivity index (χ3v) is 6.96. The first kappa shape index (κ1) is 23.1. The van der Waals surface area contributed by atoms with Crippen molar-refractivity contribution in [3.05, 3.63) is 41.7 Å². The molecule has 0 amide bonds. The van der Waals surface area contributed by atoms with Crippen molar-refractivity contribution in [3.8, 4) is 23.0 Å². The van der Waals surface area contributed by atoms with Crippen LogP contribution in [0.1, 0.15) is 24.0 Å². The van der Waals surface area contributed by atoms with Crippen molar-refractivity contribution in [1.82, 2.24) is 24.7 Å². The summed E-state index contributed by atoms with van der Waals surface area (Å²) in [5.74, 6) is -0.875. The van der Waals surface area contributed by atoms with Gasteiger partial charge >= 0.3 is 12.4 Å². The van der Waals surface area contributed by atoms with Gasteiger partial charge in [0.2, 0.25) is 0 Å². The highest BCUT2D eigenvalue weighted by atomic mass is 32.2. The van der Waals surface area contributed by atoms with Crippen LogP contribution in [0.25, 0.3) is 23.0 Å². The lowest BCUT2D eigenvalue weighted by Gasteiger charge is -2.13. The van der Waals surface area contributed by atoms with Gasteiger partial charge in [-0.1, -0.05) is 0 Å². The molecule has 1 fully saturated rings. The minimum Gasteiger partial charge on any atom is -0.307 e. The van der Waals surface area contributed by atoms with Gasteiger partial charge in [-0.25, -0.2) is 8.42 Å². The summed E-state index contributed by atoms with van der Waals surface area (Å²) >= 11 is 0. The lowest BCUT2D eigenvalue weighted by Crippen LogP contribution is -2.15. The van der Waals surface area contributed by atoms with E-state index in [-0.39, 0.29) is 34.7 Å². The van der Waals surface area contributed by atoms with Crippen LogP contribution in [0, 0.1) is 5.92 Å². The summed E-state index contributed by atoms with van der Waals surface area (Å²) in [6, 6.07) is 2.00. The van der Waals surface area contributed by atoms with E-state index in [0.29, 0.717) is 25.1 Å². The number of pyridine rings is 2. The van der Waals surface area contributed by atoms with Crippen molar-refractivity contribution in [1.29, 1.82) is 0 Å². The molecule has 1 saturated carbocycles. The number of sulfone groups is 1. The van der Waals surface area contributed by atoms with Crippen LogP contribution in [0.5, 0.6) is 0 Å². The third kappa shape index (κ3) is 4.70. The standard InChI is InChI=1S/C19H15F6N5O2S/c1-30-16(13-6-11(4-5-26-13)18(20,21)22)28-29-17(30)15-14(33(31,32)9-10-2-3-10)7-12(8-27-15)19(23,24)25/h4-8,10H,2-3,9H2,1H3. The first-order chi connectivity index (χ1) is 15.3. The zero-order chi connectivity index (χ0) is 24.2. The SMILES string of the molecule is Cn1c(-c2cc(C(F)(F)F)ccn2)nnc1-c1ncc(C(F)(F)F)cc1S(=O)(=O)CC1CC1. The number of rotatable bonds is 5. The predicted octanol–water partition coefficient (Wildman–Crippen LogP) is 4.16. The molecule has 0 bridgehead atoms. The summed E-state index contributed by atoms with van der Waals surface area (Å²) < 4.78 is 106. The lowest BCUT2D eigenvalue weighted by molar-refractivity contribution is -0.138. The Labute approximate surface area is 183 Å². The Hall–Kier alpha value is -3.03. The van der Waals surface area contributed by atoms with Crippen LogP contribution in [-0.4, -0.2) is 38.9 Å². The molecule has 0 aliphatic heterocycles. The number of aromatic nitrogens is 5. The van der Waals surface area contributed by atoms with Gasteiger partial charge in [0.1, 0.15) is 11.4 Å². The summed E-state index contributed by atoms with van der Waals surface area (Å²) in [4.78, 5) is 6.89. The number of alkyl halides is 6. The van der Waals surface area contributed by atoms with Crippen molar-refractivity contribution >= 4 is 9.84 Å². The minimum absolute atomic E-state index is 0.150. The van der Waals surface area contributed by atoms with Gasteiger partial charge in [0.05, 0.1) is 21.8 Å². The van der Waals surface area contributed by atoms with E-state index in [4.69, 9.17) is 0 Å². The Balaban J connectivity index is 1.84. The van der Waals surface area contributed by atoms with Crippen LogP contribution in [0.2, 0.25) is 0 Å². The smallest absolute Gasteiger partial charge is 0.307 e. The van der Waals surface area contributed by atoms with Gasteiger partial charge in [0, 0.05) is 19.4 Å². The minimum atomic E-state index is -4.83. The highest BCUT2D eigenvalue weighted by Gasteiger charge is 2.37. The molecule has 3 aromatic heterocycles. The molecule has 14 heteroatoms. The highest BCUT2D eigenvalue weighted by Crippen LogP contribution is 2.38. The molecule has 3 aromatic rings. The number of nitrogens with zero attached hydrogens (tertiary/aromatic N) is 5. The van der Waals surface area contributed by atoms with Crippen molar-refractivity contribution < 1.29 is 34.8 Å². The van der Waals surface area contributed by atoms with E-state index < -0.39 is 38.2 Å². The first-order valence-electron chi connectivity index (χ1n) is 9.51. The average molecular weight is 491 g/mol. The molecule has 0 N–H and O–H groups in total. The molecule has 0 saturated heterocycles. The van der Waals surface area contributed by atoms with Gasteiger partial charge in [-0.3, -0.25) is 9.97 Å². The highest BCUT2D eigenvalue weighted by molar-refractivity contribution is 7.91. The number of hydrogen-bond acceptors (Lipinski definition) is 6. The van der Waals surface area contributed by atoms with Gasteiger partial charge < -0.3 is 4.57 Å². The topological polar surface area (TPSA) is 90.6 Å². The Bertz CT molecular complexity index is 1310. The van der Waals surface area contributed by atoms with Gasteiger partial charge in [-0.2, -0.15) is 26.3 Å². The van der Waals surface area contributed by atoms with E-state index in [1.807, 2.05) is 0 Å².